The molecular weight excluding hydrogens is 406 g/mol. The average Bonchev–Trinajstić information content (AvgIpc) is 3.26. The molecule has 0 amide bonds. The smallest absolute Gasteiger partial charge is 0.335 e. The van der Waals surface area contributed by atoms with Crippen LogP contribution in [0.3, 0.4) is 0 Å². The number of benzene rings is 2. The Morgan fingerprint density at radius 2 is 2.00 bits per heavy atom. The lowest BCUT2D eigenvalue weighted by Crippen LogP contribution is -2.57. The number of carboxylic acids is 1. The lowest BCUT2D eigenvalue weighted by atomic mass is 9.97. The Kier molecular flexibility index (Phi) is 5.63. The number of nitrogens with one attached hydrogen (secondary N) is 1. The predicted octanol–water partition coefficient (Wildman–Crippen LogP) is 3.44. The molecule has 0 aliphatic carbocycles. The minimum absolute atomic E-state index is 0.159. The van der Waals surface area contributed by atoms with Crippen LogP contribution in [0.15, 0.2) is 42.6 Å². The van der Waals surface area contributed by atoms with Crippen LogP contribution >= 0.6 is 0 Å². The molecule has 2 saturated heterocycles. The van der Waals surface area contributed by atoms with Gasteiger partial charge in [-0.25, -0.2) is 4.79 Å². The van der Waals surface area contributed by atoms with E-state index in [0.717, 1.165) is 56.2 Å². The van der Waals surface area contributed by atoms with Gasteiger partial charge >= 0.3 is 5.97 Å². The number of aromatic amines is 1. The normalized spacial score (nSPS) is 20.4. The molecule has 0 saturated carbocycles. The Labute approximate surface area is 187 Å². The third kappa shape index (κ3) is 3.77. The average molecular weight is 436 g/mol. The van der Waals surface area contributed by atoms with E-state index in [9.17, 15) is 9.90 Å². The molecule has 2 aliphatic rings. The summed E-state index contributed by atoms with van der Waals surface area (Å²) in [5.74, 6) is 0.00827. The molecular formula is C25H29N3O4. The minimum Gasteiger partial charge on any atom is -0.496 e. The van der Waals surface area contributed by atoms with E-state index >= 15 is 0 Å². The van der Waals surface area contributed by atoms with Gasteiger partial charge in [0.25, 0.3) is 0 Å². The molecule has 32 heavy (non-hydrogen) atoms. The van der Waals surface area contributed by atoms with Gasteiger partial charge in [-0.2, -0.15) is 0 Å². The van der Waals surface area contributed by atoms with Gasteiger partial charge < -0.3 is 19.6 Å². The quantitative estimate of drug-likeness (QED) is 0.618. The van der Waals surface area contributed by atoms with Crippen molar-refractivity contribution in [3.8, 4) is 5.75 Å². The van der Waals surface area contributed by atoms with Crippen LogP contribution in [0.5, 0.6) is 5.75 Å². The zero-order valence-electron chi connectivity index (χ0n) is 18.5. The van der Waals surface area contributed by atoms with E-state index < -0.39 is 5.97 Å². The number of methoxy groups -OCH3 is 1. The van der Waals surface area contributed by atoms with Crippen LogP contribution in [-0.4, -0.2) is 71.9 Å². The van der Waals surface area contributed by atoms with Crippen molar-refractivity contribution in [3.63, 3.8) is 0 Å². The molecule has 3 heterocycles. The monoisotopic (exact) mass is 435 g/mol. The highest BCUT2D eigenvalue weighted by atomic mass is 16.5. The summed E-state index contributed by atoms with van der Waals surface area (Å²) in [6.45, 7) is 7.24. The first-order valence-electron chi connectivity index (χ1n) is 11.1. The summed E-state index contributed by atoms with van der Waals surface area (Å²) in [6, 6.07) is 12.2. The number of hydrogen-bond donors (Lipinski definition) is 2. The van der Waals surface area contributed by atoms with Crippen LogP contribution in [0.2, 0.25) is 0 Å². The van der Waals surface area contributed by atoms with Gasteiger partial charge in [-0.15, -0.1) is 0 Å². The van der Waals surface area contributed by atoms with Gasteiger partial charge in [0.2, 0.25) is 0 Å². The second kappa shape index (κ2) is 8.58. The lowest BCUT2D eigenvalue weighted by molar-refractivity contribution is -0.0877. The molecule has 5 rings (SSSR count). The molecule has 7 nitrogen and oxygen atoms in total. The maximum atomic E-state index is 11.3. The Balaban J connectivity index is 1.49. The third-order valence-corrected chi connectivity index (χ3v) is 6.89. The van der Waals surface area contributed by atoms with Gasteiger partial charge in [0, 0.05) is 54.9 Å². The molecule has 0 radical (unpaired) electrons. The summed E-state index contributed by atoms with van der Waals surface area (Å²) in [5, 5.41) is 10.5. The summed E-state index contributed by atoms with van der Waals surface area (Å²) in [5.41, 5.74) is 4.95. The van der Waals surface area contributed by atoms with Gasteiger partial charge in [0.05, 0.1) is 31.9 Å². The Morgan fingerprint density at radius 3 is 2.66 bits per heavy atom. The number of nitrogens with zero attached hydrogens (tertiary/aromatic N) is 2. The van der Waals surface area contributed by atoms with Crippen molar-refractivity contribution >= 4 is 16.9 Å². The molecule has 2 N–H and O–H groups in total. The first kappa shape index (κ1) is 21.0. The first-order valence-corrected chi connectivity index (χ1v) is 11.1. The number of aryl methyl sites for hydroxylation is 1. The number of fused-ring (bicyclic) bond motifs is 1. The molecule has 3 aromatic rings. The highest BCUT2D eigenvalue weighted by molar-refractivity contribution is 5.88. The Morgan fingerprint density at radius 1 is 1.22 bits per heavy atom. The van der Waals surface area contributed by atoms with Gasteiger partial charge in [-0.05, 0) is 42.3 Å². The SMILES string of the molecule is COc1cc(C)c2[nH]ccc2c1CN1CCN(C2COC2)CC1c1ccc(C(=O)O)cc1. The number of aromatic carboxylic acids is 1. The highest BCUT2D eigenvalue weighted by Gasteiger charge is 2.35. The van der Waals surface area contributed by atoms with Crippen LogP contribution in [0.1, 0.15) is 33.1 Å². The van der Waals surface area contributed by atoms with Gasteiger partial charge in [0.1, 0.15) is 5.75 Å². The second-order valence-electron chi connectivity index (χ2n) is 8.74. The van der Waals surface area contributed by atoms with Crippen molar-refractivity contribution in [1.29, 1.82) is 0 Å². The fourth-order valence-electron chi connectivity index (χ4n) is 4.94. The van der Waals surface area contributed by atoms with E-state index in [0.29, 0.717) is 11.6 Å². The van der Waals surface area contributed by atoms with E-state index in [1.807, 2.05) is 18.3 Å². The Hall–Kier alpha value is -2.87. The molecule has 1 aromatic heterocycles. The van der Waals surface area contributed by atoms with Gasteiger partial charge in [0.15, 0.2) is 0 Å². The molecule has 7 heteroatoms. The largest absolute Gasteiger partial charge is 0.496 e. The highest BCUT2D eigenvalue weighted by Crippen LogP contribution is 2.35. The zero-order chi connectivity index (χ0) is 22.2. The van der Waals surface area contributed by atoms with Crippen molar-refractivity contribution in [1.82, 2.24) is 14.8 Å². The summed E-state index contributed by atoms with van der Waals surface area (Å²) in [6.07, 6.45) is 1.98. The molecule has 2 aliphatic heterocycles. The molecule has 0 bridgehead atoms. The van der Waals surface area contributed by atoms with Crippen molar-refractivity contribution in [3.05, 3.63) is 64.8 Å². The zero-order valence-corrected chi connectivity index (χ0v) is 18.5. The van der Waals surface area contributed by atoms with Gasteiger partial charge in [-0.1, -0.05) is 12.1 Å². The van der Waals surface area contributed by atoms with Crippen LogP contribution in [0.25, 0.3) is 10.9 Å². The number of piperazine rings is 1. The van der Waals surface area contributed by atoms with Crippen LogP contribution in [-0.2, 0) is 11.3 Å². The molecule has 1 unspecified atom stereocenters. The number of carboxylic acid groups (broad SMARTS) is 1. The second-order valence-corrected chi connectivity index (χ2v) is 8.74. The number of carbonyl (C=O) groups is 1. The summed E-state index contributed by atoms with van der Waals surface area (Å²) >= 11 is 0. The number of rotatable bonds is 6. The molecule has 2 aromatic carbocycles. The van der Waals surface area contributed by atoms with Crippen molar-refractivity contribution in [2.45, 2.75) is 25.6 Å². The minimum atomic E-state index is -0.899. The summed E-state index contributed by atoms with van der Waals surface area (Å²) < 4.78 is 11.2. The fraction of sp³-hybridized carbons (Fsp3) is 0.400. The Bertz CT molecular complexity index is 1120. The van der Waals surface area contributed by atoms with Crippen molar-refractivity contribution in [2.75, 3.05) is 40.0 Å². The lowest BCUT2D eigenvalue weighted by Gasteiger charge is -2.47. The summed E-state index contributed by atoms with van der Waals surface area (Å²) in [4.78, 5) is 19.7. The van der Waals surface area contributed by atoms with Crippen LogP contribution in [0.4, 0.5) is 0 Å². The number of aromatic nitrogens is 1. The maximum Gasteiger partial charge on any atom is 0.335 e. The first-order chi connectivity index (χ1) is 15.5. The fourth-order valence-corrected chi connectivity index (χ4v) is 4.94. The van der Waals surface area contributed by atoms with Crippen LogP contribution in [0, 0.1) is 6.92 Å². The maximum absolute atomic E-state index is 11.3. The van der Waals surface area contributed by atoms with E-state index in [1.165, 1.54) is 16.5 Å². The predicted molar refractivity (Wildman–Crippen MR) is 122 cm³/mol. The van der Waals surface area contributed by atoms with Crippen molar-refractivity contribution < 1.29 is 19.4 Å². The van der Waals surface area contributed by atoms with E-state index in [-0.39, 0.29) is 6.04 Å². The molecule has 0 spiro atoms. The molecule has 2 fully saturated rings. The van der Waals surface area contributed by atoms with Crippen LogP contribution < -0.4 is 4.74 Å². The topological polar surface area (TPSA) is 78.0 Å². The van der Waals surface area contributed by atoms with E-state index in [2.05, 4.69) is 33.8 Å². The summed E-state index contributed by atoms with van der Waals surface area (Å²) in [7, 11) is 1.73. The van der Waals surface area contributed by atoms with E-state index in [1.54, 1.807) is 19.2 Å². The van der Waals surface area contributed by atoms with Gasteiger partial charge in [-0.3, -0.25) is 9.80 Å². The molecule has 1 atom stereocenters. The van der Waals surface area contributed by atoms with Crippen molar-refractivity contribution in [2.24, 2.45) is 0 Å². The number of ether oxygens (including phenoxy) is 2. The molecule has 168 valence electrons. The number of hydrogen-bond acceptors (Lipinski definition) is 5. The standard InChI is InChI=1S/C25H29N3O4/c1-16-11-23(31-2)21(20-7-8-26-24(16)20)12-28-10-9-27(19-14-32-15-19)13-22(28)17-3-5-18(6-4-17)25(29)30/h3-8,11,19,22,26H,9-10,12-15H2,1-2H3,(H,29,30). The van der Waals surface area contributed by atoms with E-state index in [4.69, 9.17) is 9.47 Å². The third-order valence-electron chi connectivity index (χ3n) is 6.89. The number of H-pyrrole nitrogens is 1.